The molecule has 0 amide bonds. The van der Waals surface area contributed by atoms with Gasteiger partial charge in [0.15, 0.2) is 5.96 Å². The molecule has 1 fully saturated rings. The summed E-state index contributed by atoms with van der Waals surface area (Å²) in [6, 6.07) is 8.92. The highest BCUT2D eigenvalue weighted by Crippen LogP contribution is 2.18. The van der Waals surface area contributed by atoms with Crippen molar-refractivity contribution in [1.29, 1.82) is 0 Å². The van der Waals surface area contributed by atoms with E-state index in [0.29, 0.717) is 6.04 Å². The number of benzene rings is 1. The summed E-state index contributed by atoms with van der Waals surface area (Å²) in [5.74, 6) is 0.929. The Labute approximate surface area is 111 Å². The van der Waals surface area contributed by atoms with Gasteiger partial charge >= 0.3 is 0 Å². The van der Waals surface area contributed by atoms with Crippen LogP contribution in [0.25, 0.3) is 0 Å². The van der Waals surface area contributed by atoms with Crippen LogP contribution in [0.2, 0.25) is 0 Å². The van der Waals surface area contributed by atoms with Gasteiger partial charge in [-0.3, -0.25) is 0 Å². The number of hydrogen-bond acceptors (Lipinski definition) is 1. The zero-order valence-electron chi connectivity index (χ0n) is 10.0. The minimum absolute atomic E-state index is 0.637. The Balaban J connectivity index is 1.92. The second-order valence-electron chi connectivity index (χ2n) is 4.24. The van der Waals surface area contributed by atoms with Crippen LogP contribution in [0.3, 0.4) is 0 Å². The summed E-state index contributed by atoms with van der Waals surface area (Å²) in [5, 5.41) is 6.67. The molecule has 1 aliphatic rings. The van der Waals surface area contributed by atoms with E-state index in [9.17, 15) is 0 Å². The molecule has 1 aromatic rings. The molecule has 2 rings (SSSR count). The van der Waals surface area contributed by atoms with Crippen LogP contribution in [0.4, 0.5) is 0 Å². The Morgan fingerprint density at radius 1 is 1.35 bits per heavy atom. The normalized spacial score (nSPS) is 15.8. The molecule has 0 bridgehead atoms. The molecule has 2 N–H and O–H groups in total. The molecule has 0 unspecified atom stereocenters. The van der Waals surface area contributed by atoms with Crippen molar-refractivity contribution in [2.24, 2.45) is 4.99 Å². The second-order valence-corrected chi connectivity index (χ2v) is 5.16. The molecule has 0 heterocycles. The summed E-state index contributed by atoms with van der Waals surface area (Å²) in [7, 11) is 0. The molecule has 1 aliphatic carbocycles. The summed E-state index contributed by atoms with van der Waals surface area (Å²) in [5.41, 5.74) is 1.22. The zero-order valence-corrected chi connectivity index (χ0v) is 11.6. The van der Waals surface area contributed by atoms with Crippen LogP contribution in [0.1, 0.15) is 25.3 Å². The molecule has 1 aromatic carbocycles. The number of aliphatic imine (C=N–C) groups is 1. The van der Waals surface area contributed by atoms with Gasteiger partial charge in [0.1, 0.15) is 0 Å². The fourth-order valence-electron chi connectivity index (χ4n) is 1.50. The molecule has 0 atom stereocenters. The maximum atomic E-state index is 4.57. The van der Waals surface area contributed by atoms with Crippen LogP contribution in [0.15, 0.2) is 33.7 Å². The van der Waals surface area contributed by atoms with Crippen LogP contribution in [-0.2, 0) is 6.54 Å². The lowest BCUT2D eigenvalue weighted by Crippen LogP contribution is -2.38. The quantitative estimate of drug-likeness (QED) is 0.662. The number of nitrogens with one attached hydrogen (secondary N) is 2. The lowest BCUT2D eigenvalue weighted by molar-refractivity contribution is 0.812. The minimum Gasteiger partial charge on any atom is -0.357 e. The van der Waals surface area contributed by atoms with Gasteiger partial charge in [-0.2, -0.15) is 0 Å². The maximum absolute atomic E-state index is 4.57. The van der Waals surface area contributed by atoms with Crippen LogP contribution in [0, 0.1) is 0 Å². The summed E-state index contributed by atoms with van der Waals surface area (Å²) in [4.78, 5) is 4.57. The molecule has 0 aromatic heterocycles. The largest absolute Gasteiger partial charge is 0.357 e. The molecule has 3 nitrogen and oxygen atoms in total. The fraction of sp³-hybridized carbons (Fsp3) is 0.462. The molecule has 0 aliphatic heterocycles. The number of rotatable bonds is 4. The highest BCUT2D eigenvalue weighted by atomic mass is 79.9. The predicted octanol–water partition coefficient (Wildman–Crippen LogP) is 2.67. The smallest absolute Gasteiger partial charge is 0.191 e. The van der Waals surface area contributed by atoms with E-state index >= 15 is 0 Å². The van der Waals surface area contributed by atoms with E-state index in [0.717, 1.165) is 23.5 Å². The monoisotopic (exact) mass is 295 g/mol. The van der Waals surface area contributed by atoms with Gasteiger partial charge in [-0.1, -0.05) is 28.1 Å². The topological polar surface area (TPSA) is 36.4 Å². The third-order valence-electron chi connectivity index (χ3n) is 2.60. The first-order chi connectivity index (χ1) is 8.28. The van der Waals surface area contributed by atoms with E-state index < -0.39 is 0 Å². The molecular formula is C13H18BrN3. The summed E-state index contributed by atoms with van der Waals surface area (Å²) in [6.07, 6.45) is 2.53. The van der Waals surface area contributed by atoms with Gasteiger partial charge in [0, 0.05) is 17.1 Å². The molecule has 0 spiro atoms. The van der Waals surface area contributed by atoms with Gasteiger partial charge in [-0.15, -0.1) is 0 Å². The molecular weight excluding hydrogens is 278 g/mol. The summed E-state index contributed by atoms with van der Waals surface area (Å²) >= 11 is 3.43. The van der Waals surface area contributed by atoms with Gasteiger partial charge < -0.3 is 10.6 Å². The number of nitrogens with zero attached hydrogens (tertiary/aromatic N) is 1. The van der Waals surface area contributed by atoms with Crippen LogP contribution < -0.4 is 10.6 Å². The standard InChI is InChI=1S/C13H18BrN3/c1-2-15-13(17-12-7-8-12)16-9-10-3-5-11(14)6-4-10/h3-6,12H,2,7-9H2,1H3,(H2,15,16,17). The molecule has 0 saturated heterocycles. The van der Waals surface area contributed by atoms with Crippen molar-refractivity contribution in [3.63, 3.8) is 0 Å². The van der Waals surface area contributed by atoms with Crippen LogP contribution in [-0.4, -0.2) is 18.5 Å². The number of hydrogen-bond donors (Lipinski definition) is 2. The van der Waals surface area contributed by atoms with Gasteiger partial charge in [0.25, 0.3) is 0 Å². The first kappa shape index (κ1) is 12.4. The number of guanidine groups is 1. The lowest BCUT2D eigenvalue weighted by atomic mass is 10.2. The van der Waals surface area contributed by atoms with Crippen LogP contribution in [0.5, 0.6) is 0 Å². The Kier molecular flexibility index (Phi) is 4.42. The van der Waals surface area contributed by atoms with Crippen LogP contribution >= 0.6 is 15.9 Å². The van der Waals surface area contributed by atoms with E-state index in [-0.39, 0.29) is 0 Å². The minimum atomic E-state index is 0.637. The van der Waals surface area contributed by atoms with Gasteiger partial charge in [0.05, 0.1) is 6.54 Å². The van der Waals surface area contributed by atoms with Crippen molar-refractivity contribution in [2.75, 3.05) is 6.54 Å². The molecule has 4 heteroatoms. The van der Waals surface area contributed by atoms with Crippen molar-refractivity contribution < 1.29 is 0 Å². The first-order valence-electron chi connectivity index (χ1n) is 6.07. The predicted molar refractivity (Wildman–Crippen MR) is 75.1 cm³/mol. The molecule has 17 heavy (non-hydrogen) atoms. The number of halogens is 1. The second kappa shape index (κ2) is 6.05. The Morgan fingerprint density at radius 2 is 2.06 bits per heavy atom. The van der Waals surface area contributed by atoms with E-state index in [1.807, 2.05) is 12.1 Å². The molecule has 92 valence electrons. The third kappa shape index (κ3) is 4.38. The maximum Gasteiger partial charge on any atom is 0.191 e. The van der Waals surface area contributed by atoms with Crippen molar-refractivity contribution >= 4 is 21.9 Å². The summed E-state index contributed by atoms with van der Waals surface area (Å²) < 4.78 is 1.10. The van der Waals surface area contributed by atoms with Gasteiger partial charge in [-0.05, 0) is 37.5 Å². The molecule has 1 saturated carbocycles. The Bertz CT molecular complexity index is 382. The Morgan fingerprint density at radius 3 is 2.65 bits per heavy atom. The third-order valence-corrected chi connectivity index (χ3v) is 3.12. The highest BCUT2D eigenvalue weighted by Gasteiger charge is 2.21. The van der Waals surface area contributed by atoms with Gasteiger partial charge in [0.2, 0.25) is 0 Å². The average molecular weight is 296 g/mol. The Hall–Kier alpha value is -1.03. The van der Waals surface area contributed by atoms with Crippen molar-refractivity contribution in [3.05, 3.63) is 34.3 Å². The lowest BCUT2D eigenvalue weighted by Gasteiger charge is -2.10. The fourth-order valence-corrected chi connectivity index (χ4v) is 1.77. The van der Waals surface area contributed by atoms with Crippen molar-refractivity contribution in [1.82, 2.24) is 10.6 Å². The van der Waals surface area contributed by atoms with E-state index in [1.54, 1.807) is 0 Å². The SMILES string of the molecule is CCNC(=NCc1ccc(Br)cc1)NC1CC1. The van der Waals surface area contributed by atoms with E-state index in [1.165, 1.54) is 18.4 Å². The van der Waals surface area contributed by atoms with E-state index in [2.05, 4.69) is 50.6 Å². The van der Waals surface area contributed by atoms with Crippen molar-refractivity contribution in [3.8, 4) is 0 Å². The summed E-state index contributed by atoms with van der Waals surface area (Å²) in [6.45, 7) is 3.71. The first-order valence-corrected chi connectivity index (χ1v) is 6.86. The van der Waals surface area contributed by atoms with E-state index in [4.69, 9.17) is 0 Å². The van der Waals surface area contributed by atoms with Gasteiger partial charge in [-0.25, -0.2) is 4.99 Å². The van der Waals surface area contributed by atoms with Crippen molar-refractivity contribution in [2.45, 2.75) is 32.4 Å². The highest BCUT2D eigenvalue weighted by molar-refractivity contribution is 9.10. The average Bonchev–Trinajstić information content (AvgIpc) is 3.12. The molecule has 0 radical (unpaired) electrons. The zero-order chi connectivity index (χ0) is 12.1.